The van der Waals surface area contributed by atoms with E-state index in [0.29, 0.717) is 5.56 Å². The van der Waals surface area contributed by atoms with Crippen molar-refractivity contribution in [3.05, 3.63) is 65.9 Å². The molecule has 0 saturated carbocycles. The summed E-state index contributed by atoms with van der Waals surface area (Å²) in [4.78, 5) is 0. The van der Waals surface area contributed by atoms with E-state index < -0.39 is 35.9 Å². The maximum absolute atomic E-state index is 11.8. The van der Waals surface area contributed by atoms with Crippen molar-refractivity contribution in [2.75, 3.05) is 0 Å². The second kappa shape index (κ2) is 5.93. The molecule has 1 aromatic carbocycles. The molecule has 4 N–H and O–H groups in total. The number of nitrogens with two attached hydrogens (primary N) is 1. The predicted molar refractivity (Wildman–Crippen MR) is 86.2 cm³/mol. The van der Waals surface area contributed by atoms with Crippen molar-refractivity contribution >= 4 is 26.3 Å². The predicted octanol–water partition coefficient (Wildman–Crippen LogP) is 1.20. The van der Waals surface area contributed by atoms with E-state index in [1.165, 1.54) is 24.3 Å². The summed E-state index contributed by atoms with van der Waals surface area (Å²) in [5.41, 5.74) is 5.53. The van der Waals surface area contributed by atoms with E-state index in [1.54, 1.807) is 30.3 Å². The Labute approximate surface area is 134 Å². The standard InChI is InChI=1S/C14H15NO6S2/c15-13-8-4-7-12(10-9-11-5-2-1-3-6-11)14(13,22(16,17)18)23(19,20)21/h1-10,12H,15H2,(H,16,17,18)(H,19,20,21). The van der Waals surface area contributed by atoms with Gasteiger partial charge in [-0.2, -0.15) is 16.8 Å². The molecule has 1 aromatic rings. The van der Waals surface area contributed by atoms with Crippen LogP contribution in [0.25, 0.3) is 6.08 Å². The van der Waals surface area contributed by atoms with E-state index in [-0.39, 0.29) is 0 Å². The molecule has 0 fully saturated rings. The third-order valence-electron chi connectivity index (χ3n) is 3.50. The Bertz CT molecular complexity index is 850. The van der Waals surface area contributed by atoms with Gasteiger partial charge in [0.1, 0.15) is 0 Å². The van der Waals surface area contributed by atoms with Crippen LogP contribution in [0.3, 0.4) is 0 Å². The first kappa shape index (κ1) is 17.4. The monoisotopic (exact) mass is 357 g/mol. The van der Waals surface area contributed by atoms with Crippen LogP contribution in [0.15, 0.2) is 60.3 Å². The Morgan fingerprint density at radius 1 is 1.04 bits per heavy atom. The minimum atomic E-state index is -5.28. The van der Waals surface area contributed by atoms with Crippen LogP contribution in [0.4, 0.5) is 0 Å². The Hall–Kier alpha value is -1.94. The highest BCUT2D eigenvalue weighted by molar-refractivity contribution is 8.05. The largest absolute Gasteiger partial charge is 0.400 e. The molecule has 1 aliphatic carbocycles. The fourth-order valence-corrected chi connectivity index (χ4v) is 5.26. The molecule has 0 spiro atoms. The van der Waals surface area contributed by atoms with Crippen molar-refractivity contribution in [3.63, 3.8) is 0 Å². The lowest BCUT2D eigenvalue weighted by Crippen LogP contribution is -2.55. The van der Waals surface area contributed by atoms with Gasteiger partial charge in [-0.15, -0.1) is 0 Å². The highest BCUT2D eigenvalue weighted by Gasteiger charge is 2.61. The molecule has 0 aliphatic heterocycles. The van der Waals surface area contributed by atoms with Crippen LogP contribution >= 0.6 is 0 Å². The topological polar surface area (TPSA) is 135 Å². The SMILES string of the molecule is NC1=CC=CC(C=Cc2ccccc2)C1(S(=O)(=O)O)S(=O)(=O)O. The van der Waals surface area contributed by atoms with Crippen LogP contribution in [0.1, 0.15) is 5.56 Å². The van der Waals surface area contributed by atoms with Crippen molar-refractivity contribution in [2.24, 2.45) is 11.7 Å². The normalized spacial score (nSPS) is 21.3. The average molecular weight is 357 g/mol. The molecule has 7 nitrogen and oxygen atoms in total. The molecule has 1 unspecified atom stereocenters. The first-order chi connectivity index (χ1) is 10.6. The number of hydrogen-bond acceptors (Lipinski definition) is 5. The van der Waals surface area contributed by atoms with E-state index in [1.807, 2.05) is 0 Å². The fraction of sp³-hybridized carbons (Fsp3) is 0.143. The first-order valence-electron chi connectivity index (χ1n) is 6.42. The summed E-state index contributed by atoms with van der Waals surface area (Å²) in [5.74, 6) is -1.40. The van der Waals surface area contributed by atoms with Crippen molar-refractivity contribution in [3.8, 4) is 0 Å². The Morgan fingerprint density at radius 2 is 1.61 bits per heavy atom. The van der Waals surface area contributed by atoms with Crippen LogP contribution in [0, 0.1) is 5.92 Å². The van der Waals surface area contributed by atoms with Crippen LogP contribution < -0.4 is 5.73 Å². The van der Waals surface area contributed by atoms with Gasteiger partial charge < -0.3 is 5.73 Å². The van der Waals surface area contributed by atoms with E-state index in [4.69, 9.17) is 5.73 Å². The van der Waals surface area contributed by atoms with Crippen molar-refractivity contribution < 1.29 is 25.9 Å². The quantitative estimate of drug-likeness (QED) is 0.689. The highest BCUT2D eigenvalue weighted by atomic mass is 32.3. The second-order valence-electron chi connectivity index (χ2n) is 4.92. The molecule has 23 heavy (non-hydrogen) atoms. The fourth-order valence-electron chi connectivity index (χ4n) is 2.46. The van der Waals surface area contributed by atoms with Crippen LogP contribution in [0.2, 0.25) is 0 Å². The van der Waals surface area contributed by atoms with Gasteiger partial charge in [0.15, 0.2) is 0 Å². The summed E-state index contributed by atoms with van der Waals surface area (Å²) in [6.07, 6.45) is 6.29. The summed E-state index contributed by atoms with van der Waals surface area (Å²) >= 11 is 0. The molecule has 0 amide bonds. The number of allylic oxidation sites excluding steroid dienone is 4. The van der Waals surface area contributed by atoms with E-state index in [0.717, 1.165) is 6.08 Å². The van der Waals surface area contributed by atoms with Gasteiger partial charge in [0, 0.05) is 5.92 Å². The minimum absolute atomic E-state index is 0.675. The summed E-state index contributed by atoms with van der Waals surface area (Å²) in [6.45, 7) is 0. The zero-order chi connectivity index (χ0) is 17.3. The maximum Gasteiger partial charge on any atom is 0.294 e. The zero-order valence-corrected chi connectivity index (χ0v) is 13.4. The van der Waals surface area contributed by atoms with Gasteiger partial charge in [0.2, 0.25) is 0 Å². The number of hydrogen-bond donors (Lipinski definition) is 3. The van der Waals surface area contributed by atoms with Gasteiger partial charge in [-0.1, -0.05) is 54.6 Å². The van der Waals surface area contributed by atoms with Gasteiger partial charge in [0.05, 0.1) is 5.70 Å². The van der Waals surface area contributed by atoms with Crippen molar-refractivity contribution in [2.45, 2.75) is 4.08 Å². The molecule has 9 heteroatoms. The molecule has 0 saturated heterocycles. The van der Waals surface area contributed by atoms with Crippen LogP contribution in [-0.2, 0) is 20.2 Å². The Kier molecular flexibility index (Phi) is 4.49. The summed E-state index contributed by atoms with van der Waals surface area (Å²) in [5, 5.41) is 0. The molecule has 0 radical (unpaired) electrons. The van der Waals surface area contributed by atoms with E-state index >= 15 is 0 Å². The lowest BCUT2D eigenvalue weighted by Gasteiger charge is -2.34. The minimum Gasteiger partial charge on any atom is -0.400 e. The van der Waals surface area contributed by atoms with Gasteiger partial charge in [-0.05, 0) is 11.6 Å². The molecule has 0 heterocycles. The second-order valence-corrected chi connectivity index (χ2v) is 8.37. The zero-order valence-electron chi connectivity index (χ0n) is 11.8. The summed E-state index contributed by atoms with van der Waals surface area (Å²) in [6, 6.07) is 8.68. The number of benzene rings is 1. The average Bonchev–Trinajstić information content (AvgIpc) is 2.43. The molecule has 0 aromatic heterocycles. The third-order valence-corrected chi connectivity index (χ3v) is 7.31. The van der Waals surface area contributed by atoms with Crippen LogP contribution in [0.5, 0.6) is 0 Å². The number of rotatable bonds is 4. The van der Waals surface area contributed by atoms with Gasteiger partial charge in [-0.3, -0.25) is 9.11 Å². The van der Waals surface area contributed by atoms with Gasteiger partial charge >= 0.3 is 0 Å². The van der Waals surface area contributed by atoms with Crippen LogP contribution in [-0.4, -0.2) is 30.0 Å². The Morgan fingerprint density at radius 3 is 2.13 bits per heavy atom. The Balaban J connectivity index is 2.64. The summed E-state index contributed by atoms with van der Waals surface area (Å²) in [7, 11) is -10.6. The highest BCUT2D eigenvalue weighted by Crippen LogP contribution is 2.41. The maximum atomic E-state index is 11.8. The third kappa shape index (κ3) is 2.95. The molecule has 2 rings (SSSR count). The smallest absolute Gasteiger partial charge is 0.294 e. The van der Waals surface area contributed by atoms with Crippen molar-refractivity contribution in [1.82, 2.24) is 0 Å². The molecular formula is C14H15NO6S2. The lowest BCUT2D eigenvalue weighted by molar-refractivity contribution is 0.418. The molecule has 124 valence electrons. The molecule has 1 atom stereocenters. The van der Waals surface area contributed by atoms with E-state index in [2.05, 4.69) is 0 Å². The lowest BCUT2D eigenvalue weighted by atomic mass is 9.95. The molecule has 0 bridgehead atoms. The molecular weight excluding hydrogens is 342 g/mol. The molecule has 1 aliphatic rings. The van der Waals surface area contributed by atoms with Crippen molar-refractivity contribution in [1.29, 1.82) is 0 Å². The van der Waals surface area contributed by atoms with Gasteiger partial charge in [0.25, 0.3) is 24.3 Å². The van der Waals surface area contributed by atoms with Gasteiger partial charge in [-0.25, -0.2) is 0 Å². The van der Waals surface area contributed by atoms with E-state index in [9.17, 15) is 25.9 Å². The summed E-state index contributed by atoms with van der Waals surface area (Å²) < 4.78 is 63.2. The first-order valence-corrected chi connectivity index (χ1v) is 9.30.